The van der Waals surface area contributed by atoms with Gasteiger partial charge >= 0.3 is 0 Å². The predicted molar refractivity (Wildman–Crippen MR) is 106 cm³/mol. The van der Waals surface area contributed by atoms with Gasteiger partial charge in [-0.15, -0.1) is 0 Å². The van der Waals surface area contributed by atoms with Crippen molar-refractivity contribution in [2.75, 3.05) is 25.0 Å². The molecule has 0 spiro atoms. The van der Waals surface area contributed by atoms with Gasteiger partial charge in [-0.05, 0) is 42.2 Å². The third kappa shape index (κ3) is 3.33. The number of anilines is 1. The molecule has 1 aromatic heterocycles. The van der Waals surface area contributed by atoms with Crippen LogP contribution in [0.1, 0.15) is 11.1 Å². The Kier molecular flexibility index (Phi) is 4.69. The van der Waals surface area contributed by atoms with Crippen molar-refractivity contribution < 1.29 is 0 Å². The molecule has 5 nitrogen and oxygen atoms in total. The zero-order valence-electron chi connectivity index (χ0n) is 15.0. The molecule has 4 rings (SSSR count). The van der Waals surface area contributed by atoms with Gasteiger partial charge in [0.2, 0.25) is 0 Å². The number of guanidine groups is 1. The topological polar surface area (TPSA) is 45.5 Å². The lowest BCUT2D eigenvalue weighted by Gasteiger charge is -2.22. The van der Waals surface area contributed by atoms with Crippen LogP contribution >= 0.6 is 0 Å². The maximum absolute atomic E-state index is 4.46. The highest BCUT2D eigenvalue weighted by Gasteiger charge is 2.22. The average molecular weight is 345 g/mol. The molecular weight excluding hydrogens is 322 g/mol. The molecule has 0 bridgehead atoms. The summed E-state index contributed by atoms with van der Waals surface area (Å²) in [7, 11) is 1.84. The van der Waals surface area contributed by atoms with E-state index in [1.807, 2.05) is 36.1 Å². The van der Waals surface area contributed by atoms with Gasteiger partial charge in [0.1, 0.15) is 0 Å². The minimum Gasteiger partial charge on any atom is -0.356 e. The normalized spacial score (nSPS) is 13.7. The molecule has 3 aromatic rings. The first-order chi connectivity index (χ1) is 12.8. The molecule has 2 heterocycles. The summed E-state index contributed by atoms with van der Waals surface area (Å²) >= 11 is 0. The lowest BCUT2D eigenvalue weighted by atomic mass is 10.2. The molecule has 0 saturated heterocycles. The zero-order chi connectivity index (χ0) is 17.8. The van der Waals surface area contributed by atoms with Crippen molar-refractivity contribution in [2.24, 2.45) is 4.99 Å². The van der Waals surface area contributed by atoms with Crippen LogP contribution in [0.15, 0.2) is 72.0 Å². The van der Waals surface area contributed by atoms with Crippen LogP contribution in [0.2, 0.25) is 0 Å². The summed E-state index contributed by atoms with van der Waals surface area (Å²) in [5.41, 5.74) is 4.94. The summed E-state index contributed by atoms with van der Waals surface area (Å²) in [6, 6.07) is 18.7. The second-order valence-corrected chi connectivity index (χ2v) is 6.38. The number of fused-ring (bicyclic) bond motifs is 1. The second-order valence-electron chi connectivity index (χ2n) is 6.38. The number of para-hydroxylation sites is 2. The average Bonchev–Trinajstić information content (AvgIpc) is 3.33. The van der Waals surface area contributed by atoms with E-state index in [1.54, 1.807) is 0 Å². The van der Waals surface area contributed by atoms with E-state index in [1.165, 1.54) is 16.8 Å². The van der Waals surface area contributed by atoms with Gasteiger partial charge in [-0.25, -0.2) is 4.68 Å². The molecule has 1 aliphatic rings. The molecule has 132 valence electrons. The minimum atomic E-state index is 0.825. The first-order valence-electron chi connectivity index (χ1n) is 9.00. The van der Waals surface area contributed by atoms with E-state index in [0.717, 1.165) is 37.6 Å². The van der Waals surface area contributed by atoms with Gasteiger partial charge in [0.05, 0.1) is 11.9 Å². The zero-order valence-corrected chi connectivity index (χ0v) is 15.0. The maximum Gasteiger partial charge on any atom is 0.198 e. The van der Waals surface area contributed by atoms with E-state index in [2.05, 4.69) is 62.9 Å². The fourth-order valence-electron chi connectivity index (χ4n) is 3.38. The molecule has 0 fully saturated rings. The summed E-state index contributed by atoms with van der Waals surface area (Å²) in [5.74, 6) is 0.936. The van der Waals surface area contributed by atoms with Crippen LogP contribution < -0.4 is 10.2 Å². The summed E-state index contributed by atoms with van der Waals surface area (Å²) in [4.78, 5) is 6.73. The summed E-state index contributed by atoms with van der Waals surface area (Å²) < 4.78 is 1.92. The molecule has 5 heteroatoms. The molecular formula is C21H23N5. The van der Waals surface area contributed by atoms with Crippen LogP contribution in [0.3, 0.4) is 0 Å². The van der Waals surface area contributed by atoms with Crippen LogP contribution in [-0.4, -0.2) is 35.9 Å². The lowest BCUT2D eigenvalue weighted by Crippen LogP contribution is -2.41. The van der Waals surface area contributed by atoms with E-state index in [-0.39, 0.29) is 0 Å². The molecule has 1 aliphatic heterocycles. The second kappa shape index (κ2) is 7.44. The monoisotopic (exact) mass is 345 g/mol. The summed E-state index contributed by atoms with van der Waals surface area (Å²) in [5, 5.41) is 7.95. The smallest absolute Gasteiger partial charge is 0.198 e. The van der Waals surface area contributed by atoms with Gasteiger partial charge in [0.25, 0.3) is 0 Å². The van der Waals surface area contributed by atoms with Crippen molar-refractivity contribution in [3.8, 4) is 5.69 Å². The van der Waals surface area contributed by atoms with Gasteiger partial charge in [-0.3, -0.25) is 4.99 Å². The highest BCUT2D eigenvalue weighted by molar-refractivity contribution is 5.97. The fraction of sp³-hybridized carbons (Fsp3) is 0.238. The maximum atomic E-state index is 4.46. The number of rotatable bonds is 4. The van der Waals surface area contributed by atoms with E-state index >= 15 is 0 Å². The Bertz CT molecular complexity index is 898. The molecule has 0 aliphatic carbocycles. The van der Waals surface area contributed by atoms with Crippen molar-refractivity contribution in [1.29, 1.82) is 0 Å². The van der Waals surface area contributed by atoms with Crippen LogP contribution in [0.5, 0.6) is 0 Å². The SMILES string of the molecule is CN=C(NCCc1cnn(-c2ccccc2)c1)N1CCc2ccccc21. The number of nitrogens with zero attached hydrogens (tertiary/aromatic N) is 4. The number of aromatic nitrogens is 2. The highest BCUT2D eigenvalue weighted by atomic mass is 15.3. The van der Waals surface area contributed by atoms with Gasteiger partial charge in [-0.2, -0.15) is 5.10 Å². The standard InChI is InChI=1S/C21H23N5/c1-22-21(25-14-12-18-7-5-6-10-20(18)25)23-13-11-17-15-24-26(16-17)19-8-3-2-4-9-19/h2-10,15-16H,11-14H2,1H3,(H,22,23). The minimum absolute atomic E-state index is 0.825. The van der Waals surface area contributed by atoms with Gasteiger partial charge in [0, 0.05) is 32.0 Å². The number of hydrogen-bond acceptors (Lipinski definition) is 2. The molecule has 0 unspecified atom stereocenters. The molecule has 26 heavy (non-hydrogen) atoms. The quantitative estimate of drug-likeness (QED) is 0.584. The Morgan fingerprint density at radius 3 is 2.77 bits per heavy atom. The van der Waals surface area contributed by atoms with Gasteiger partial charge in [-0.1, -0.05) is 36.4 Å². The van der Waals surface area contributed by atoms with Crippen LogP contribution in [0.25, 0.3) is 5.69 Å². The molecule has 0 saturated carbocycles. The van der Waals surface area contributed by atoms with Crippen molar-refractivity contribution in [3.63, 3.8) is 0 Å². The third-order valence-corrected chi connectivity index (χ3v) is 4.71. The molecule has 1 N–H and O–H groups in total. The molecule has 0 atom stereocenters. The van der Waals surface area contributed by atoms with Crippen LogP contribution in [0, 0.1) is 0 Å². The van der Waals surface area contributed by atoms with Crippen molar-refractivity contribution in [2.45, 2.75) is 12.8 Å². The first-order valence-corrected chi connectivity index (χ1v) is 9.00. The molecule has 0 amide bonds. The Balaban J connectivity index is 1.37. The lowest BCUT2D eigenvalue weighted by molar-refractivity contribution is 0.835. The van der Waals surface area contributed by atoms with Crippen LogP contribution in [0.4, 0.5) is 5.69 Å². The van der Waals surface area contributed by atoms with Gasteiger partial charge < -0.3 is 10.2 Å². The molecule has 2 aromatic carbocycles. The predicted octanol–water partition coefficient (Wildman–Crippen LogP) is 3.05. The number of hydrogen-bond donors (Lipinski definition) is 1. The van der Waals surface area contributed by atoms with Gasteiger partial charge in [0.15, 0.2) is 5.96 Å². The van der Waals surface area contributed by atoms with E-state index in [0.29, 0.717) is 0 Å². The van der Waals surface area contributed by atoms with Crippen molar-refractivity contribution in [1.82, 2.24) is 15.1 Å². The van der Waals surface area contributed by atoms with Crippen molar-refractivity contribution in [3.05, 3.63) is 78.1 Å². The highest BCUT2D eigenvalue weighted by Crippen LogP contribution is 2.27. The Labute approximate surface area is 154 Å². The van der Waals surface area contributed by atoms with E-state index in [9.17, 15) is 0 Å². The fourth-order valence-corrected chi connectivity index (χ4v) is 3.38. The third-order valence-electron chi connectivity index (χ3n) is 4.71. The number of aliphatic imine (C=N–C) groups is 1. The number of benzene rings is 2. The largest absolute Gasteiger partial charge is 0.356 e. The molecule has 0 radical (unpaired) electrons. The van der Waals surface area contributed by atoms with Crippen LogP contribution in [-0.2, 0) is 12.8 Å². The van der Waals surface area contributed by atoms with E-state index < -0.39 is 0 Å². The Hall–Kier alpha value is -3.08. The first kappa shape index (κ1) is 16.4. The Morgan fingerprint density at radius 1 is 1.12 bits per heavy atom. The summed E-state index contributed by atoms with van der Waals surface area (Å²) in [6.45, 7) is 1.80. The van der Waals surface area contributed by atoms with E-state index in [4.69, 9.17) is 0 Å². The summed E-state index contributed by atoms with van der Waals surface area (Å²) in [6.07, 6.45) is 6.00. The Morgan fingerprint density at radius 2 is 1.92 bits per heavy atom. The van der Waals surface area contributed by atoms with Crippen molar-refractivity contribution >= 4 is 11.6 Å². The number of nitrogens with one attached hydrogen (secondary N) is 1.